The molecular formula is C16H21N3OS. The molecule has 0 spiro atoms. The monoisotopic (exact) mass is 303 g/mol. The van der Waals surface area contributed by atoms with Gasteiger partial charge in [0, 0.05) is 35.4 Å². The van der Waals surface area contributed by atoms with E-state index in [0.717, 1.165) is 53.6 Å². The molecule has 1 aliphatic heterocycles. The van der Waals surface area contributed by atoms with Crippen molar-refractivity contribution in [2.24, 2.45) is 0 Å². The van der Waals surface area contributed by atoms with Crippen LogP contribution in [0.2, 0.25) is 0 Å². The van der Waals surface area contributed by atoms with Crippen LogP contribution in [0.3, 0.4) is 0 Å². The Hall–Kier alpha value is -1.62. The van der Waals surface area contributed by atoms with E-state index < -0.39 is 0 Å². The molecule has 1 amide bonds. The van der Waals surface area contributed by atoms with Crippen LogP contribution in [0.1, 0.15) is 29.2 Å². The van der Waals surface area contributed by atoms with Crippen molar-refractivity contribution in [1.82, 2.24) is 14.5 Å². The Balaban J connectivity index is 1.86. The Kier molecular flexibility index (Phi) is 3.85. The van der Waals surface area contributed by atoms with Crippen LogP contribution in [-0.4, -0.2) is 33.4 Å². The molecule has 0 bridgehead atoms. The van der Waals surface area contributed by atoms with Crippen LogP contribution < -0.4 is 0 Å². The number of hydrogen-bond acceptors (Lipinski definition) is 3. The van der Waals surface area contributed by atoms with Gasteiger partial charge in [0.25, 0.3) is 0 Å². The molecule has 1 saturated heterocycles. The van der Waals surface area contributed by atoms with Gasteiger partial charge in [0.15, 0.2) is 0 Å². The molecule has 1 aliphatic rings. The van der Waals surface area contributed by atoms with E-state index in [2.05, 4.69) is 34.8 Å². The molecule has 0 atom stereocenters. The maximum atomic E-state index is 12.4. The minimum absolute atomic E-state index is 0.232. The molecule has 2 aromatic heterocycles. The standard InChI is InChI=1S/C16H21N3OS/c1-11-8-14(15-10-21-13(3)17-15)12(2)19(11)9-16(20)18-6-4-5-7-18/h8,10H,4-7,9H2,1-3H3. The van der Waals surface area contributed by atoms with Crippen molar-refractivity contribution in [2.45, 2.75) is 40.2 Å². The first-order valence-electron chi connectivity index (χ1n) is 7.43. The van der Waals surface area contributed by atoms with E-state index in [4.69, 9.17) is 0 Å². The van der Waals surface area contributed by atoms with Gasteiger partial charge in [-0.05, 0) is 39.7 Å². The fourth-order valence-electron chi connectivity index (χ4n) is 2.99. The third-order valence-electron chi connectivity index (χ3n) is 4.22. The molecule has 0 aliphatic carbocycles. The average Bonchev–Trinajstić information content (AvgIpc) is 3.15. The van der Waals surface area contributed by atoms with E-state index in [1.807, 2.05) is 11.8 Å². The topological polar surface area (TPSA) is 38.1 Å². The number of nitrogens with zero attached hydrogens (tertiary/aromatic N) is 3. The molecule has 3 heterocycles. The molecule has 0 N–H and O–H groups in total. The summed E-state index contributed by atoms with van der Waals surface area (Å²) in [6.07, 6.45) is 2.28. The first-order valence-corrected chi connectivity index (χ1v) is 8.31. The predicted octanol–water partition coefficient (Wildman–Crippen LogP) is 3.16. The smallest absolute Gasteiger partial charge is 0.242 e. The van der Waals surface area contributed by atoms with Gasteiger partial charge in [0.1, 0.15) is 6.54 Å². The first kappa shape index (κ1) is 14.3. The summed E-state index contributed by atoms with van der Waals surface area (Å²) in [4.78, 5) is 18.9. The van der Waals surface area contributed by atoms with Crippen molar-refractivity contribution >= 4 is 17.2 Å². The molecule has 1 fully saturated rings. The summed E-state index contributed by atoms with van der Waals surface area (Å²) < 4.78 is 2.12. The number of aryl methyl sites for hydroxylation is 2. The zero-order valence-corrected chi connectivity index (χ0v) is 13.7. The highest BCUT2D eigenvalue weighted by Crippen LogP contribution is 2.28. The summed E-state index contributed by atoms with van der Waals surface area (Å²) in [6, 6.07) is 2.14. The fraction of sp³-hybridized carbons (Fsp3) is 0.500. The molecule has 4 nitrogen and oxygen atoms in total. The zero-order valence-electron chi connectivity index (χ0n) is 12.8. The SMILES string of the molecule is Cc1nc(-c2cc(C)n(CC(=O)N3CCCC3)c2C)cs1. The maximum absolute atomic E-state index is 12.4. The summed E-state index contributed by atoms with van der Waals surface area (Å²) in [5, 5.41) is 3.16. The van der Waals surface area contributed by atoms with Crippen molar-refractivity contribution in [3.63, 3.8) is 0 Å². The molecule has 3 rings (SSSR count). The van der Waals surface area contributed by atoms with Gasteiger partial charge in [-0.1, -0.05) is 0 Å². The second-order valence-electron chi connectivity index (χ2n) is 5.71. The first-order chi connectivity index (χ1) is 10.1. The zero-order chi connectivity index (χ0) is 15.0. The maximum Gasteiger partial charge on any atom is 0.242 e. The molecule has 0 unspecified atom stereocenters. The van der Waals surface area contributed by atoms with Crippen LogP contribution in [0, 0.1) is 20.8 Å². The minimum atomic E-state index is 0.232. The number of amides is 1. The minimum Gasteiger partial charge on any atom is -0.341 e. The second-order valence-corrected chi connectivity index (χ2v) is 6.77. The number of aromatic nitrogens is 2. The summed E-state index contributed by atoms with van der Waals surface area (Å²) in [6.45, 7) is 8.43. The summed E-state index contributed by atoms with van der Waals surface area (Å²) in [5.74, 6) is 0.232. The molecule has 5 heteroatoms. The predicted molar refractivity (Wildman–Crippen MR) is 85.6 cm³/mol. The van der Waals surface area contributed by atoms with Crippen LogP contribution in [0.25, 0.3) is 11.3 Å². The summed E-state index contributed by atoms with van der Waals surface area (Å²) >= 11 is 1.66. The van der Waals surface area contributed by atoms with E-state index in [1.54, 1.807) is 11.3 Å². The van der Waals surface area contributed by atoms with Gasteiger partial charge in [0.05, 0.1) is 10.7 Å². The normalized spacial score (nSPS) is 14.9. The molecule has 0 radical (unpaired) electrons. The van der Waals surface area contributed by atoms with Crippen LogP contribution >= 0.6 is 11.3 Å². The molecule has 0 saturated carbocycles. The van der Waals surface area contributed by atoms with Gasteiger partial charge in [-0.25, -0.2) is 4.98 Å². The van der Waals surface area contributed by atoms with Crippen molar-refractivity contribution in [1.29, 1.82) is 0 Å². The third kappa shape index (κ3) is 2.75. The van der Waals surface area contributed by atoms with Crippen molar-refractivity contribution in [3.8, 4) is 11.3 Å². The van der Waals surface area contributed by atoms with Gasteiger partial charge in [-0.15, -0.1) is 11.3 Å². The third-order valence-corrected chi connectivity index (χ3v) is 4.99. The summed E-state index contributed by atoms with van der Waals surface area (Å²) in [5.41, 5.74) is 4.42. The molecule has 21 heavy (non-hydrogen) atoms. The number of carbonyl (C=O) groups is 1. The molecular weight excluding hydrogens is 282 g/mol. The van der Waals surface area contributed by atoms with E-state index in [0.29, 0.717) is 6.54 Å². The van der Waals surface area contributed by atoms with Gasteiger partial charge in [-0.3, -0.25) is 4.79 Å². The number of thiazole rings is 1. The van der Waals surface area contributed by atoms with Crippen LogP contribution in [0.15, 0.2) is 11.4 Å². The van der Waals surface area contributed by atoms with Gasteiger partial charge in [0.2, 0.25) is 5.91 Å². The Morgan fingerprint density at radius 2 is 2.00 bits per heavy atom. The van der Waals surface area contributed by atoms with Gasteiger partial charge < -0.3 is 9.47 Å². The fourth-order valence-corrected chi connectivity index (χ4v) is 3.61. The van der Waals surface area contributed by atoms with Crippen molar-refractivity contribution in [2.75, 3.05) is 13.1 Å². The number of rotatable bonds is 3. The highest BCUT2D eigenvalue weighted by Gasteiger charge is 2.20. The van der Waals surface area contributed by atoms with Crippen molar-refractivity contribution in [3.05, 3.63) is 27.8 Å². The number of carbonyl (C=O) groups excluding carboxylic acids is 1. The number of likely N-dealkylation sites (tertiary alicyclic amines) is 1. The lowest BCUT2D eigenvalue weighted by atomic mass is 10.2. The lowest BCUT2D eigenvalue weighted by Gasteiger charge is -2.17. The average molecular weight is 303 g/mol. The van der Waals surface area contributed by atoms with Crippen molar-refractivity contribution < 1.29 is 4.79 Å². The lowest BCUT2D eigenvalue weighted by molar-refractivity contribution is -0.130. The number of hydrogen-bond donors (Lipinski definition) is 0. The lowest BCUT2D eigenvalue weighted by Crippen LogP contribution is -2.31. The Labute approximate surface area is 129 Å². The quantitative estimate of drug-likeness (QED) is 0.873. The molecule has 112 valence electrons. The van der Waals surface area contributed by atoms with Crippen LogP contribution in [-0.2, 0) is 11.3 Å². The summed E-state index contributed by atoms with van der Waals surface area (Å²) in [7, 11) is 0. The highest BCUT2D eigenvalue weighted by molar-refractivity contribution is 7.09. The largest absolute Gasteiger partial charge is 0.341 e. The Morgan fingerprint density at radius 3 is 2.62 bits per heavy atom. The van der Waals surface area contributed by atoms with E-state index in [1.165, 1.54) is 0 Å². The Morgan fingerprint density at radius 1 is 1.29 bits per heavy atom. The molecule has 0 aromatic carbocycles. The highest BCUT2D eigenvalue weighted by atomic mass is 32.1. The van der Waals surface area contributed by atoms with Gasteiger partial charge in [-0.2, -0.15) is 0 Å². The van der Waals surface area contributed by atoms with E-state index in [9.17, 15) is 4.79 Å². The van der Waals surface area contributed by atoms with Crippen LogP contribution in [0.4, 0.5) is 0 Å². The van der Waals surface area contributed by atoms with E-state index >= 15 is 0 Å². The molecule has 2 aromatic rings. The van der Waals surface area contributed by atoms with E-state index in [-0.39, 0.29) is 5.91 Å². The van der Waals surface area contributed by atoms with Crippen LogP contribution in [0.5, 0.6) is 0 Å². The second kappa shape index (κ2) is 5.64. The van der Waals surface area contributed by atoms with Gasteiger partial charge >= 0.3 is 0 Å². The Bertz CT molecular complexity index is 665.